The zero-order chi connectivity index (χ0) is 15.5. The molecule has 1 N–H and O–H groups in total. The number of carbonyl (C=O) groups excluding carboxylic acids is 1. The molecule has 0 radical (unpaired) electrons. The summed E-state index contributed by atoms with van der Waals surface area (Å²) in [6, 6.07) is 9.03. The van der Waals surface area contributed by atoms with Crippen LogP contribution in [0.1, 0.15) is 32.3 Å². The lowest BCUT2D eigenvalue weighted by atomic mass is 9.73. The van der Waals surface area contributed by atoms with Gasteiger partial charge in [-0.15, -0.1) is 0 Å². The topological polar surface area (TPSA) is 65.0 Å². The van der Waals surface area contributed by atoms with Crippen LogP contribution in [-0.4, -0.2) is 23.9 Å². The summed E-state index contributed by atoms with van der Waals surface area (Å²) in [6.45, 7) is 3.92. The maximum Gasteiger partial charge on any atom is 0.330 e. The van der Waals surface area contributed by atoms with E-state index in [1.807, 2.05) is 32.0 Å². The molecule has 1 unspecified atom stereocenters. The van der Waals surface area contributed by atoms with Crippen molar-refractivity contribution in [3.05, 3.63) is 47.5 Å². The van der Waals surface area contributed by atoms with E-state index < -0.39 is 17.4 Å². The number of hydrogen-bond donors (Lipinski definition) is 1. The zero-order valence-corrected chi connectivity index (χ0v) is 12.5. The molecule has 0 bridgehead atoms. The Hall–Kier alpha value is -1.69. The Balaban J connectivity index is 2.52. The Morgan fingerprint density at radius 1 is 1.29 bits per heavy atom. The molecule has 1 atom stereocenters. The van der Waals surface area contributed by atoms with Gasteiger partial charge in [0, 0.05) is 17.2 Å². The van der Waals surface area contributed by atoms with Gasteiger partial charge in [0.25, 0.3) is 5.79 Å². The molecule has 0 aromatic heterocycles. The Bertz CT molecular complexity index is 533. The largest absolute Gasteiger partial charge is 0.466 e. The van der Waals surface area contributed by atoms with E-state index in [1.54, 1.807) is 12.1 Å². The zero-order valence-electron chi connectivity index (χ0n) is 12.5. The van der Waals surface area contributed by atoms with Crippen LogP contribution in [-0.2, 0) is 24.9 Å². The van der Waals surface area contributed by atoms with Crippen LogP contribution in [0.15, 0.2) is 42.0 Å². The molecular formula is C16H20O5. The first kappa shape index (κ1) is 15.7. The number of carbonyl (C=O) groups is 1. The van der Waals surface area contributed by atoms with E-state index in [2.05, 4.69) is 4.89 Å². The second kappa shape index (κ2) is 5.97. The maximum absolute atomic E-state index is 11.7. The molecule has 114 valence electrons. The number of benzene rings is 1. The van der Waals surface area contributed by atoms with Crippen molar-refractivity contribution in [3.8, 4) is 0 Å². The van der Waals surface area contributed by atoms with Crippen molar-refractivity contribution in [1.82, 2.24) is 0 Å². The fourth-order valence-electron chi connectivity index (χ4n) is 2.81. The first-order valence-corrected chi connectivity index (χ1v) is 6.97. The molecule has 1 saturated heterocycles. The fraction of sp³-hybridized carbons (Fsp3) is 0.438. The standard InChI is InChI=1S/C16H20O5/c1-4-15(5-2)13(11-14(17)19-3)16(20-15,21-18)12-9-7-6-8-10-12/h6-11,18H,4-5H2,1-3H3/b13-11+. The number of rotatable bonds is 5. The monoisotopic (exact) mass is 292 g/mol. The van der Waals surface area contributed by atoms with Gasteiger partial charge in [-0.2, -0.15) is 4.89 Å². The van der Waals surface area contributed by atoms with Crippen molar-refractivity contribution >= 4 is 5.97 Å². The molecular weight excluding hydrogens is 272 g/mol. The Morgan fingerprint density at radius 2 is 1.90 bits per heavy atom. The molecule has 1 aliphatic rings. The van der Waals surface area contributed by atoms with Crippen LogP contribution in [0.5, 0.6) is 0 Å². The van der Waals surface area contributed by atoms with Gasteiger partial charge in [0.1, 0.15) is 0 Å². The highest BCUT2D eigenvalue weighted by atomic mass is 17.2. The van der Waals surface area contributed by atoms with Gasteiger partial charge in [0.15, 0.2) is 0 Å². The smallest absolute Gasteiger partial charge is 0.330 e. The van der Waals surface area contributed by atoms with Crippen molar-refractivity contribution in [1.29, 1.82) is 0 Å². The predicted octanol–water partition coefficient (Wildman–Crippen LogP) is 3.02. The van der Waals surface area contributed by atoms with E-state index in [9.17, 15) is 10.1 Å². The van der Waals surface area contributed by atoms with E-state index in [-0.39, 0.29) is 0 Å². The van der Waals surface area contributed by atoms with Crippen LogP contribution in [0.2, 0.25) is 0 Å². The third-order valence-corrected chi connectivity index (χ3v) is 4.07. The normalized spacial score (nSPS) is 25.4. The van der Waals surface area contributed by atoms with Crippen molar-refractivity contribution in [2.45, 2.75) is 38.1 Å². The van der Waals surface area contributed by atoms with E-state index in [4.69, 9.17) is 9.47 Å². The van der Waals surface area contributed by atoms with Gasteiger partial charge >= 0.3 is 5.97 Å². The number of methoxy groups -OCH3 is 1. The predicted molar refractivity (Wildman–Crippen MR) is 76.3 cm³/mol. The first-order valence-electron chi connectivity index (χ1n) is 6.97. The quantitative estimate of drug-likeness (QED) is 0.391. The van der Waals surface area contributed by atoms with Crippen molar-refractivity contribution in [3.63, 3.8) is 0 Å². The van der Waals surface area contributed by atoms with Crippen molar-refractivity contribution in [2.24, 2.45) is 0 Å². The third-order valence-electron chi connectivity index (χ3n) is 4.07. The summed E-state index contributed by atoms with van der Waals surface area (Å²) in [5, 5.41) is 9.45. The summed E-state index contributed by atoms with van der Waals surface area (Å²) >= 11 is 0. The van der Waals surface area contributed by atoms with Gasteiger partial charge in [-0.25, -0.2) is 10.1 Å². The van der Waals surface area contributed by atoms with Gasteiger partial charge in [0.05, 0.1) is 12.7 Å². The summed E-state index contributed by atoms with van der Waals surface area (Å²) in [6.07, 6.45) is 2.66. The summed E-state index contributed by atoms with van der Waals surface area (Å²) in [5.74, 6) is -1.95. The Kier molecular flexibility index (Phi) is 4.46. The summed E-state index contributed by atoms with van der Waals surface area (Å²) in [5.41, 5.74) is 0.563. The molecule has 0 amide bonds. The SMILES string of the molecule is CCC1(CC)OC(OO)(c2ccccc2)/C1=C/C(=O)OC. The molecule has 0 aliphatic carbocycles. The van der Waals surface area contributed by atoms with Crippen LogP contribution < -0.4 is 0 Å². The van der Waals surface area contributed by atoms with Crippen LogP contribution >= 0.6 is 0 Å². The molecule has 1 fully saturated rings. The number of ether oxygens (including phenoxy) is 2. The van der Waals surface area contributed by atoms with Gasteiger partial charge in [-0.05, 0) is 12.8 Å². The van der Waals surface area contributed by atoms with Crippen LogP contribution in [0.3, 0.4) is 0 Å². The van der Waals surface area contributed by atoms with Gasteiger partial charge in [0.2, 0.25) is 0 Å². The molecule has 5 nitrogen and oxygen atoms in total. The van der Waals surface area contributed by atoms with E-state index in [0.717, 1.165) is 0 Å². The third kappa shape index (κ3) is 2.37. The second-order valence-corrected chi connectivity index (χ2v) is 4.96. The number of esters is 1. The lowest BCUT2D eigenvalue weighted by molar-refractivity contribution is -0.458. The molecule has 5 heteroatoms. The Morgan fingerprint density at radius 3 is 2.38 bits per heavy atom. The molecule has 0 spiro atoms. The minimum absolute atomic E-state index is 0.503. The van der Waals surface area contributed by atoms with Crippen LogP contribution in [0, 0.1) is 0 Å². The first-order chi connectivity index (χ1) is 10.1. The minimum atomic E-state index is -1.44. The Labute approximate surface area is 124 Å². The van der Waals surface area contributed by atoms with Gasteiger partial charge < -0.3 is 9.47 Å². The molecule has 1 aromatic rings. The molecule has 0 saturated carbocycles. The van der Waals surface area contributed by atoms with Gasteiger partial charge in [-0.1, -0.05) is 44.2 Å². The van der Waals surface area contributed by atoms with E-state index in [1.165, 1.54) is 13.2 Å². The van der Waals surface area contributed by atoms with E-state index >= 15 is 0 Å². The molecule has 21 heavy (non-hydrogen) atoms. The molecule has 1 heterocycles. The molecule has 2 rings (SSSR count). The minimum Gasteiger partial charge on any atom is -0.466 e. The maximum atomic E-state index is 11.7. The molecule has 1 aliphatic heterocycles. The van der Waals surface area contributed by atoms with E-state index in [0.29, 0.717) is 24.0 Å². The highest BCUT2D eigenvalue weighted by Crippen LogP contribution is 2.56. The van der Waals surface area contributed by atoms with Gasteiger partial charge in [-0.3, -0.25) is 0 Å². The highest BCUT2D eigenvalue weighted by Gasteiger charge is 2.62. The van der Waals surface area contributed by atoms with Crippen LogP contribution in [0.25, 0.3) is 0 Å². The lowest BCUT2D eigenvalue weighted by Crippen LogP contribution is -2.61. The van der Waals surface area contributed by atoms with Crippen molar-refractivity contribution in [2.75, 3.05) is 7.11 Å². The highest BCUT2D eigenvalue weighted by molar-refractivity contribution is 5.84. The van der Waals surface area contributed by atoms with Crippen molar-refractivity contribution < 1.29 is 24.4 Å². The average Bonchev–Trinajstić information content (AvgIpc) is 2.54. The molecule has 1 aromatic carbocycles. The second-order valence-electron chi connectivity index (χ2n) is 4.96. The lowest BCUT2D eigenvalue weighted by Gasteiger charge is -2.55. The summed E-state index contributed by atoms with van der Waals surface area (Å²) in [4.78, 5) is 16.4. The summed E-state index contributed by atoms with van der Waals surface area (Å²) in [7, 11) is 1.31. The summed E-state index contributed by atoms with van der Waals surface area (Å²) < 4.78 is 10.7. The average molecular weight is 292 g/mol. The van der Waals surface area contributed by atoms with Crippen LogP contribution in [0.4, 0.5) is 0 Å². The fourth-order valence-corrected chi connectivity index (χ4v) is 2.81. The number of hydrogen-bond acceptors (Lipinski definition) is 5.